The normalized spacial score (nSPS) is 16.0. The highest BCUT2D eigenvalue weighted by molar-refractivity contribution is 4.75. The molecule has 1 N–H and O–H groups in total. The molecule has 1 atom stereocenters. The lowest BCUT2D eigenvalue weighted by molar-refractivity contribution is -0.0542. The summed E-state index contributed by atoms with van der Waals surface area (Å²) in [7, 11) is 0. The number of ether oxygens (including phenoxy) is 1. The van der Waals surface area contributed by atoms with Crippen LogP contribution in [0.3, 0.4) is 0 Å². The van der Waals surface area contributed by atoms with E-state index in [1.165, 1.54) is 0 Å². The average molecular weight is 174 g/mol. The van der Waals surface area contributed by atoms with Crippen LogP contribution in [0.15, 0.2) is 0 Å². The van der Waals surface area contributed by atoms with Crippen molar-refractivity contribution < 1.29 is 9.84 Å². The highest BCUT2D eigenvalue weighted by Gasteiger charge is 2.23. The third kappa shape index (κ3) is 4.73. The molecule has 0 aliphatic rings. The van der Waals surface area contributed by atoms with Crippen LogP contribution < -0.4 is 0 Å². The molecule has 0 aliphatic heterocycles. The molecule has 2 heteroatoms. The van der Waals surface area contributed by atoms with Gasteiger partial charge in [0.1, 0.15) is 0 Å². The van der Waals surface area contributed by atoms with Gasteiger partial charge >= 0.3 is 0 Å². The van der Waals surface area contributed by atoms with E-state index in [1.54, 1.807) is 0 Å². The van der Waals surface area contributed by atoms with Crippen molar-refractivity contribution >= 4 is 0 Å². The molecule has 0 aliphatic carbocycles. The Kier molecular flexibility index (Phi) is 6.39. The summed E-state index contributed by atoms with van der Waals surface area (Å²) in [4.78, 5) is 0. The summed E-state index contributed by atoms with van der Waals surface area (Å²) in [6.07, 6.45) is 3.66. The van der Waals surface area contributed by atoms with Gasteiger partial charge in [-0.1, -0.05) is 27.2 Å². The molecule has 0 amide bonds. The molecule has 0 spiro atoms. The van der Waals surface area contributed by atoms with Crippen LogP contribution in [0, 0.1) is 0 Å². The first-order valence-electron chi connectivity index (χ1n) is 4.98. The molecule has 0 saturated heterocycles. The van der Waals surface area contributed by atoms with Gasteiger partial charge in [-0.3, -0.25) is 0 Å². The standard InChI is InChI=1S/C10H22O2/c1-4-7-10(11,6-3)9-12-8-5-2/h11H,4-9H2,1-3H3. The third-order valence-electron chi connectivity index (χ3n) is 2.09. The van der Waals surface area contributed by atoms with E-state index >= 15 is 0 Å². The molecule has 0 aromatic heterocycles. The summed E-state index contributed by atoms with van der Waals surface area (Å²) < 4.78 is 5.34. The molecule has 0 saturated carbocycles. The predicted octanol–water partition coefficient (Wildman–Crippen LogP) is 2.35. The first-order chi connectivity index (χ1) is 5.68. The Bertz CT molecular complexity index is 104. The van der Waals surface area contributed by atoms with Crippen molar-refractivity contribution in [2.24, 2.45) is 0 Å². The summed E-state index contributed by atoms with van der Waals surface area (Å²) >= 11 is 0. The summed E-state index contributed by atoms with van der Waals surface area (Å²) in [5, 5.41) is 9.92. The van der Waals surface area contributed by atoms with Gasteiger partial charge in [0.15, 0.2) is 0 Å². The van der Waals surface area contributed by atoms with Gasteiger partial charge in [-0.25, -0.2) is 0 Å². The summed E-state index contributed by atoms with van der Waals surface area (Å²) in [5.74, 6) is 0. The summed E-state index contributed by atoms with van der Waals surface area (Å²) in [5.41, 5.74) is -0.579. The van der Waals surface area contributed by atoms with E-state index in [-0.39, 0.29) is 0 Å². The minimum absolute atomic E-state index is 0.491. The molecule has 0 bridgehead atoms. The van der Waals surface area contributed by atoms with Crippen molar-refractivity contribution in [3.8, 4) is 0 Å². The smallest absolute Gasteiger partial charge is 0.0877 e. The van der Waals surface area contributed by atoms with Crippen LogP contribution in [0.2, 0.25) is 0 Å². The Morgan fingerprint density at radius 2 is 1.83 bits per heavy atom. The van der Waals surface area contributed by atoms with E-state index in [4.69, 9.17) is 4.74 Å². The molecule has 1 unspecified atom stereocenters. The maximum Gasteiger partial charge on any atom is 0.0877 e. The van der Waals surface area contributed by atoms with Crippen LogP contribution in [-0.2, 0) is 4.74 Å². The monoisotopic (exact) mass is 174 g/mol. The lowest BCUT2D eigenvalue weighted by atomic mass is 9.96. The Morgan fingerprint density at radius 3 is 2.25 bits per heavy atom. The molecule has 0 heterocycles. The van der Waals surface area contributed by atoms with Gasteiger partial charge in [-0.15, -0.1) is 0 Å². The lowest BCUT2D eigenvalue weighted by Crippen LogP contribution is -2.33. The Hall–Kier alpha value is -0.0800. The molecular formula is C10H22O2. The van der Waals surface area contributed by atoms with Crippen LogP contribution in [-0.4, -0.2) is 23.9 Å². The van der Waals surface area contributed by atoms with Crippen molar-refractivity contribution in [3.05, 3.63) is 0 Å². The molecule has 0 aromatic carbocycles. The molecular weight excluding hydrogens is 152 g/mol. The van der Waals surface area contributed by atoms with Gasteiger partial charge in [0, 0.05) is 6.61 Å². The van der Waals surface area contributed by atoms with Gasteiger partial charge in [-0.05, 0) is 19.3 Å². The van der Waals surface area contributed by atoms with E-state index in [0.29, 0.717) is 6.61 Å². The molecule has 74 valence electrons. The fraction of sp³-hybridized carbons (Fsp3) is 1.00. The van der Waals surface area contributed by atoms with E-state index in [0.717, 1.165) is 32.3 Å². The number of hydrogen-bond donors (Lipinski definition) is 1. The van der Waals surface area contributed by atoms with Gasteiger partial charge in [0.05, 0.1) is 12.2 Å². The van der Waals surface area contributed by atoms with Crippen molar-refractivity contribution in [1.29, 1.82) is 0 Å². The zero-order valence-electron chi connectivity index (χ0n) is 8.60. The zero-order chi connectivity index (χ0) is 9.45. The van der Waals surface area contributed by atoms with Gasteiger partial charge in [0.25, 0.3) is 0 Å². The SMILES string of the molecule is CCCOCC(O)(CC)CCC. The second-order valence-electron chi connectivity index (χ2n) is 3.38. The second kappa shape index (κ2) is 6.44. The van der Waals surface area contributed by atoms with Crippen molar-refractivity contribution in [2.45, 2.75) is 52.1 Å². The van der Waals surface area contributed by atoms with Crippen LogP contribution in [0.25, 0.3) is 0 Å². The molecule has 0 rings (SSSR count). The Labute approximate surface area is 75.9 Å². The van der Waals surface area contributed by atoms with E-state index in [9.17, 15) is 5.11 Å². The Balaban J connectivity index is 3.63. The number of rotatable bonds is 7. The number of aliphatic hydroxyl groups is 1. The zero-order valence-corrected chi connectivity index (χ0v) is 8.60. The van der Waals surface area contributed by atoms with Crippen LogP contribution in [0.5, 0.6) is 0 Å². The quantitative estimate of drug-likeness (QED) is 0.600. The highest BCUT2D eigenvalue weighted by Crippen LogP contribution is 2.17. The minimum atomic E-state index is -0.579. The van der Waals surface area contributed by atoms with Gasteiger partial charge < -0.3 is 9.84 Å². The second-order valence-corrected chi connectivity index (χ2v) is 3.38. The van der Waals surface area contributed by atoms with Crippen molar-refractivity contribution in [2.75, 3.05) is 13.2 Å². The topological polar surface area (TPSA) is 29.5 Å². The first-order valence-corrected chi connectivity index (χ1v) is 4.98. The predicted molar refractivity (Wildman–Crippen MR) is 51.3 cm³/mol. The van der Waals surface area contributed by atoms with Crippen LogP contribution >= 0.6 is 0 Å². The Morgan fingerprint density at radius 1 is 1.17 bits per heavy atom. The third-order valence-corrected chi connectivity index (χ3v) is 2.09. The van der Waals surface area contributed by atoms with E-state index in [2.05, 4.69) is 13.8 Å². The highest BCUT2D eigenvalue weighted by atomic mass is 16.5. The summed E-state index contributed by atoms with van der Waals surface area (Å²) in [6, 6.07) is 0. The summed E-state index contributed by atoms with van der Waals surface area (Å²) in [6.45, 7) is 7.41. The van der Waals surface area contributed by atoms with Gasteiger partial charge in [0.2, 0.25) is 0 Å². The minimum Gasteiger partial charge on any atom is -0.387 e. The van der Waals surface area contributed by atoms with Crippen molar-refractivity contribution in [3.63, 3.8) is 0 Å². The molecule has 0 radical (unpaired) electrons. The van der Waals surface area contributed by atoms with E-state index in [1.807, 2.05) is 6.92 Å². The number of hydrogen-bond acceptors (Lipinski definition) is 2. The van der Waals surface area contributed by atoms with Crippen molar-refractivity contribution in [1.82, 2.24) is 0 Å². The maximum atomic E-state index is 9.92. The fourth-order valence-corrected chi connectivity index (χ4v) is 1.22. The molecule has 2 nitrogen and oxygen atoms in total. The molecule has 0 fully saturated rings. The first kappa shape index (κ1) is 11.9. The van der Waals surface area contributed by atoms with Gasteiger partial charge in [-0.2, -0.15) is 0 Å². The van der Waals surface area contributed by atoms with Crippen LogP contribution in [0.1, 0.15) is 46.5 Å². The fourth-order valence-electron chi connectivity index (χ4n) is 1.22. The molecule has 0 aromatic rings. The maximum absolute atomic E-state index is 9.92. The lowest BCUT2D eigenvalue weighted by Gasteiger charge is -2.25. The van der Waals surface area contributed by atoms with E-state index < -0.39 is 5.60 Å². The largest absolute Gasteiger partial charge is 0.387 e. The average Bonchev–Trinajstić information content (AvgIpc) is 2.06. The van der Waals surface area contributed by atoms with Crippen LogP contribution in [0.4, 0.5) is 0 Å². The molecule has 12 heavy (non-hydrogen) atoms.